The average Bonchev–Trinajstić information content (AvgIpc) is 3.37. The Labute approximate surface area is 232 Å². The first-order valence-electron chi connectivity index (χ1n) is 12.8. The smallest absolute Gasteiger partial charge is 0.161 e. The topological polar surface area (TPSA) is 65.6 Å². The molecule has 0 saturated heterocycles. The first kappa shape index (κ1) is 24.9. The Bertz CT molecular complexity index is 1590. The Kier molecular flexibility index (Phi) is 7.11. The monoisotopic (exact) mass is 538 g/mol. The summed E-state index contributed by atoms with van der Waals surface area (Å²) in [6, 6.07) is 29.6. The highest BCUT2D eigenvalue weighted by molar-refractivity contribution is 6.32. The Hall–Kier alpha value is -4.42. The average molecular weight is 539 g/mol. The van der Waals surface area contributed by atoms with Gasteiger partial charge in [-0.15, -0.1) is 0 Å². The van der Waals surface area contributed by atoms with E-state index in [1.54, 1.807) is 0 Å². The van der Waals surface area contributed by atoms with Crippen LogP contribution in [0, 0.1) is 6.92 Å². The lowest BCUT2D eigenvalue weighted by Gasteiger charge is -2.19. The van der Waals surface area contributed by atoms with Gasteiger partial charge in [0.2, 0.25) is 0 Å². The highest BCUT2D eigenvalue weighted by Crippen LogP contribution is 2.44. The van der Waals surface area contributed by atoms with Crippen molar-refractivity contribution in [1.82, 2.24) is 10.2 Å². The van der Waals surface area contributed by atoms with Crippen LogP contribution in [0.3, 0.4) is 0 Å². The van der Waals surface area contributed by atoms with Crippen molar-refractivity contribution in [2.45, 2.75) is 20.1 Å². The van der Waals surface area contributed by atoms with Crippen LogP contribution in [0.5, 0.6) is 23.0 Å². The van der Waals surface area contributed by atoms with Gasteiger partial charge in [0.15, 0.2) is 11.5 Å². The van der Waals surface area contributed by atoms with Crippen LogP contribution in [0.1, 0.15) is 16.8 Å². The number of aryl methyl sites for hydroxylation is 1. The molecule has 0 spiro atoms. The second-order valence-electron chi connectivity index (χ2n) is 9.26. The molecule has 7 heteroatoms. The van der Waals surface area contributed by atoms with Crippen molar-refractivity contribution in [3.63, 3.8) is 0 Å². The van der Waals surface area contributed by atoms with E-state index >= 15 is 0 Å². The number of hydrogen-bond acceptors (Lipinski definition) is 5. The van der Waals surface area contributed by atoms with E-state index in [0.717, 1.165) is 45.0 Å². The van der Waals surface area contributed by atoms with Crippen molar-refractivity contribution in [3.05, 3.63) is 113 Å². The van der Waals surface area contributed by atoms with E-state index in [1.165, 1.54) is 0 Å². The van der Waals surface area contributed by atoms with E-state index in [9.17, 15) is 0 Å². The Balaban J connectivity index is 1.39. The SMILES string of the molecule is Cc1[nH]nc(-c2cc(Cl)c(OCc3ccccc3)cc2OCc2ccccc2)c1-c1ccc2c(c1)OCCO2. The lowest BCUT2D eigenvalue weighted by atomic mass is 9.98. The maximum Gasteiger partial charge on any atom is 0.161 e. The number of aromatic amines is 1. The van der Waals surface area contributed by atoms with Gasteiger partial charge < -0.3 is 18.9 Å². The normalized spacial score (nSPS) is 12.3. The first-order valence-corrected chi connectivity index (χ1v) is 13.2. The molecule has 0 aliphatic carbocycles. The minimum absolute atomic E-state index is 0.385. The van der Waals surface area contributed by atoms with Gasteiger partial charge in [0.05, 0.1) is 5.02 Å². The molecule has 1 N–H and O–H groups in total. The number of nitrogens with zero attached hydrogens (tertiary/aromatic N) is 1. The van der Waals surface area contributed by atoms with Gasteiger partial charge in [-0.05, 0) is 41.8 Å². The maximum atomic E-state index is 6.78. The summed E-state index contributed by atoms with van der Waals surface area (Å²) in [5.41, 5.74) is 6.39. The number of fused-ring (bicyclic) bond motifs is 1. The minimum atomic E-state index is 0.385. The molecule has 0 saturated carbocycles. The molecule has 0 bridgehead atoms. The molecule has 4 aromatic carbocycles. The van der Waals surface area contributed by atoms with Crippen molar-refractivity contribution in [1.29, 1.82) is 0 Å². The van der Waals surface area contributed by atoms with E-state index in [2.05, 4.69) is 10.2 Å². The van der Waals surface area contributed by atoms with Crippen molar-refractivity contribution < 1.29 is 18.9 Å². The fraction of sp³-hybridized carbons (Fsp3) is 0.156. The van der Waals surface area contributed by atoms with Crippen LogP contribution in [0.2, 0.25) is 5.02 Å². The molecule has 0 unspecified atom stereocenters. The molecule has 2 heterocycles. The van der Waals surface area contributed by atoms with E-state index in [0.29, 0.717) is 48.7 Å². The highest BCUT2D eigenvalue weighted by atomic mass is 35.5. The lowest BCUT2D eigenvalue weighted by molar-refractivity contribution is 0.171. The molecule has 1 aliphatic rings. The summed E-state index contributed by atoms with van der Waals surface area (Å²) in [6.07, 6.45) is 0. The number of H-pyrrole nitrogens is 1. The van der Waals surface area contributed by atoms with E-state index < -0.39 is 0 Å². The molecule has 196 valence electrons. The van der Waals surface area contributed by atoms with Crippen LogP contribution in [-0.2, 0) is 13.2 Å². The molecule has 5 aromatic rings. The van der Waals surface area contributed by atoms with Crippen molar-refractivity contribution in [2.24, 2.45) is 0 Å². The van der Waals surface area contributed by atoms with Crippen LogP contribution in [-0.4, -0.2) is 23.4 Å². The molecule has 1 aromatic heterocycles. The first-order chi connectivity index (χ1) is 19.2. The van der Waals surface area contributed by atoms with E-state index in [4.69, 9.17) is 30.5 Å². The minimum Gasteiger partial charge on any atom is -0.488 e. The van der Waals surface area contributed by atoms with Crippen LogP contribution >= 0.6 is 11.6 Å². The van der Waals surface area contributed by atoms with Gasteiger partial charge in [-0.1, -0.05) is 78.3 Å². The summed E-state index contributed by atoms with van der Waals surface area (Å²) in [5.74, 6) is 2.62. The second-order valence-corrected chi connectivity index (χ2v) is 9.67. The maximum absolute atomic E-state index is 6.78. The number of benzene rings is 4. The summed E-state index contributed by atoms with van der Waals surface area (Å²) in [4.78, 5) is 0. The molecular formula is C32H27ClN2O4. The lowest BCUT2D eigenvalue weighted by Crippen LogP contribution is -2.15. The van der Waals surface area contributed by atoms with Crippen LogP contribution in [0.25, 0.3) is 22.4 Å². The van der Waals surface area contributed by atoms with Gasteiger partial charge in [0.25, 0.3) is 0 Å². The summed E-state index contributed by atoms with van der Waals surface area (Å²) >= 11 is 6.78. The number of rotatable bonds is 8. The molecule has 6 nitrogen and oxygen atoms in total. The number of aromatic nitrogens is 2. The number of hydrogen-bond donors (Lipinski definition) is 1. The molecule has 1 aliphatic heterocycles. The summed E-state index contributed by atoms with van der Waals surface area (Å²) < 4.78 is 24.1. The zero-order valence-corrected chi connectivity index (χ0v) is 22.2. The number of ether oxygens (including phenoxy) is 4. The van der Waals surface area contributed by atoms with Crippen LogP contribution in [0.4, 0.5) is 0 Å². The zero-order chi connectivity index (χ0) is 26.6. The quantitative estimate of drug-likeness (QED) is 0.220. The third kappa shape index (κ3) is 5.42. The largest absolute Gasteiger partial charge is 0.488 e. The Morgan fingerprint density at radius 1 is 0.769 bits per heavy atom. The summed E-state index contributed by atoms with van der Waals surface area (Å²) in [5, 5.41) is 8.30. The predicted molar refractivity (Wildman–Crippen MR) is 152 cm³/mol. The Morgan fingerprint density at radius 3 is 2.10 bits per heavy atom. The van der Waals surface area contributed by atoms with Crippen molar-refractivity contribution in [2.75, 3.05) is 13.2 Å². The molecule has 0 radical (unpaired) electrons. The summed E-state index contributed by atoms with van der Waals surface area (Å²) in [7, 11) is 0. The van der Waals surface area contributed by atoms with Gasteiger partial charge in [0.1, 0.15) is 43.6 Å². The van der Waals surface area contributed by atoms with E-state index in [-0.39, 0.29) is 0 Å². The van der Waals surface area contributed by atoms with Crippen molar-refractivity contribution in [3.8, 4) is 45.4 Å². The van der Waals surface area contributed by atoms with Gasteiger partial charge in [-0.25, -0.2) is 0 Å². The molecule has 0 fully saturated rings. The van der Waals surface area contributed by atoms with Crippen LogP contribution < -0.4 is 18.9 Å². The van der Waals surface area contributed by atoms with Gasteiger partial charge in [0, 0.05) is 22.9 Å². The molecule has 0 amide bonds. The Morgan fingerprint density at radius 2 is 1.41 bits per heavy atom. The zero-order valence-electron chi connectivity index (χ0n) is 21.4. The third-order valence-electron chi connectivity index (χ3n) is 6.54. The van der Waals surface area contributed by atoms with Crippen LogP contribution in [0.15, 0.2) is 91.0 Å². The fourth-order valence-corrected chi connectivity index (χ4v) is 4.81. The summed E-state index contributed by atoms with van der Waals surface area (Å²) in [6.45, 7) is 3.83. The number of halogens is 1. The fourth-order valence-electron chi connectivity index (χ4n) is 4.60. The van der Waals surface area contributed by atoms with Gasteiger partial charge >= 0.3 is 0 Å². The van der Waals surface area contributed by atoms with Gasteiger partial charge in [-0.2, -0.15) is 5.10 Å². The standard InChI is InChI=1S/C32H27ClN2O4/c1-21-31(24-12-13-27-30(16-24)37-15-14-36-27)32(35-34-21)25-17-26(33)29(39-20-23-10-6-3-7-11-23)18-28(25)38-19-22-8-4-2-5-9-22/h2-13,16-18H,14-15,19-20H2,1H3,(H,34,35). The highest BCUT2D eigenvalue weighted by Gasteiger charge is 2.22. The molecule has 6 rings (SSSR count). The van der Waals surface area contributed by atoms with Crippen molar-refractivity contribution >= 4 is 11.6 Å². The van der Waals surface area contributed by atoms with E-state index in [1.807, 2.05) is 97.9 Å². The second kappa shape index (κ2) is 11.1. The van der Waals surface area contributed by atoms with Gasteiger partial charge in [-0.3, -0.25) is 5.10 Å². The molecular weight excluding hydrogens is 512 g/mol. The molecule has 0 atom stereocenters. The predicted octanol–water partition coefficient (Wildman–Crippen LogP) is 7.63. The number of nitrogens with one attached hydrogen (secondary N) is 1. The third-order valence-corrected chi connectivity index (χ3v) is 6.84. The molecule has 39 heavy (non-hydrogen) atoms.